The van der Waals surface area contributed by atoms with Crippen molar-refractivity contribution < 1.29 is 28.7 Å². The molecule has 9 nitrogen and oxygen atoms in total. The summed E-state index contributed by atoms with van der Waals surface area (Å²) >= 11 is 0.984. The van der Waals surface area contributed by atoms with Crippen LogP contribution in [0.15, 0.2) is 66.4 Å². The Morgan fingerprint density at radius 2 is 1.64 bits per heavy atom. The van der Waals surface area contributed by atoms with E-state index in [4.69, 9.17) is 9.47 Å². The van der Waals surface area contributed by atoms with Crippen molar-refractivity contribution in [2.45, 2.75) is 33.7 Å². The normalized spacial score (nSPS) is 11.1. The molecule has 2 aromatic carbocycles. The highest BCUT2D eigenvalue weighted by molar-refractivity contribution is 7.14. The number of allylic oxidation sites excluding steroid dienone is 1. The molecule has 0 atom stereocenters. The number of amides is 1. The number of carbonyl (C=O) groups is 4. The Labute approximate surface area is 247 Å². The van der Waals surface area contributed by atoms with E-state index < -0.39 is 17.7 Å². The number of nitrogens with zero attached hydrogens (tertiary/aromatic N) is 2. The Bertz CT molecular complexity index is 1730. The fraction of sp³-hybridized carbons (Fsp3) is 0.219. The largest absolute Gasteiger partial charge is 0.462 e. The fourth-order valence-electron chi connectivity index (χ4n) is 4.53. The number of carbonyl (C=O) groups excluding carboxylic acids is 4. The summed E-state index contributed by atoms with van der Waals surface area (Å²) < 4.78 is 12.0. The first-order valence-electron chi connectivity index (χ1n) is 13.3. The van der Waals surface area contributed by atoms with Crippen molar-refractivity contribution in [3.8, 4) is 6.07 Å². The lowest BCUT2D eigenvalue weighted by atomic mass is 10.0. The molecule has 2 heterocycles. The molecule has 1 amide bonds. The van der Waals surface area contributed by atoms with Gasteiger partial charge in [-0.15, -0.1) is 11.3 Å². The van der Waals surface area contributed by atoms with E-state index in [0.717, 1.165) is 22.2 Å². The summed E-state index contributed by atoms with van der Waals surface area (Å²) in [6, 6.07) is 18.5. The molecule has 1 N–H and O–H groups in total. The van der Waals surface area contributed by atoms with Crippen LogP contribution in [-0.2, 0) is 32.0 Å². The van der Waals surface area contributed by atoms with Gasteiger partial charge < -0.3 is 19.4 Å². The number of thiophene rings is 1. The number of Topliss-reactive ketones (excluding diaryl/α,β-unsaturated/α-hetero) is 1. The summed E-state index contributed by atoms with van der Waals surface area (Å²) in [7, 11) is 0. The summed E-state index contributed by atoms with van der Waals surface area (Å²) in [5.74, 6) is -2.00. The summed E-state index contributed by atoms with van der Waals surface area (Å²) in [5, 5.41) is 13.5. The zero-order valence-electron chi connectivity index (χ0n) is 23.4. The van der Waals surface area contributed by atoms with Crippen LogP contribution in [0.1, 0.15) is 49.9 Å². The molecule has 0 unspecified atom stereocenters. The third-order valence-electron chi connectivity index (χ3n) is 6.39. The molecule has 4 rings (SSSR count). The van der Waals surface area contributed by atoms with Crippen LogP contribution in [0.2, 0.25) is 0 Å². The SMILES string of the molecule is CCOC(=O)c1sc(CC(=O)/C(C#N)=C/c2cn(CC(=O)Nc3ccccc3)c3ccccc23)c(C(=O)OCC)c1C. The molecule has 0 bridgehead atoms. The van der Waals surface area contributed by atoms with Gasteiger partial charge in [0.15, 0.2) is 5.78 Å². The third-order valence-corrected chi connectivity index (χ3v) is 7.66. The quantitative estimate of drug-likeness (QED) is 0.136. The number of benzene rings is 2. The van der Waals surface area contributed by atoms with Crippen LogP contribution in [0.5, 0.6) is 0 Å². The average Bonchev–Trinajstić information content (AvgIpc) is 3.48. The topological polar surface area (TPSA) is 127 Å². The van der Waals surface area contributed by atoms with Crippen molar-refractivity contribution >= 4 is 57.6 Å². The first-order valence-corrected chi connectivity index (χ1v) is 14.1. The highest BCUT2D eigenvalue weighted by Crippen LogP contribution is 2.31. The number of anilines is 1. The Balaban J connectivity index is 1.65. The summed E-state index contributed by atoms with van der Waals surface area (Å²) in [4.78, 5) is 51.9. The number of rotatable bonds is 11. The second kappa shape index (κ2) is 13.6. The first-order chi connectivity index (χ1) is 20.3. The van der Waals surface area contributed by atoms with Crippen molar-refractivity contribution in [2.24, 2.45) is 0 Å². The van der Waals surface area contributed by atoms with Gasteiger partial charge in [-0.2, -0.15) is 5.26 Å². The molecule has 4 aromatic rings. The number of hydrogen-bond donors (Lipinski definition) is 1. The van der Waals surface area contributed by atoms with E-state index in [1.807, 2.05) is 48.5 Å². The Morgan fingerprint density at radius 1 is 0.976 bits per heavy atom. The van der Waals surface area contributed by atoms with Crippen LogP contribution >= 0.6 is 11.3 Å². The Kier molecular flexibility index (Phi) is 9.68. The van der Waals surface area contributed by atoms with E-state index in [0.29, 0.717) is 21.7 Å². The number of fused-ring (bicyclic) bond motifs is 1. The maximum atomic E-state index is 13.4. The maximum absolute atomic E-state index is 13.4. The minimum atomic E-state index is -0.649. The monoisotopic (exact) mass is 583 g/mol. The van der Waals surface area contributed by atoms with Crippen molar-refractivity contribution in [3.63, 3.8) is 0 Å². The van der Waals surface area contributed by atoms with Crippen LogP contribution in [0.25, 0.3) is 17.0 Å². The highest BCUT2D eigenvalue weighted by atomic mass is 32.1. The van der Waals surface area contributed by atoms with Gasteiger partial charge in [0.05, 0.1) is 24.4 Å². The lowest BCUT2D eigenvalue weighted by Crippen LogP contribution is -2.18. The minimum absolute atomic E-state index is 0.0209. The molecular formula is C32H29N3O6S. The van der Waals surface area contributed by atoms with Gasteiger partial charge >= 0.3 is 11.9 Å². The van der Waals surface area contributed by atoms with Crippen LogP contribution < -0.4 is 5.32 Å². The van der Waals surface area contributed by atoms with Crippen LogP contribution in [-0.4, -0.2) is 41.4 Å². The molecule has 0 radical (unpaired) electrons. The minimum Gasteiger partial charge on any atom is -0.462 e. The molecule has 42 heavy (non-hydrogen) atoms. The number of nitriles is 1. The predicted molar refractivity (Wildman–Crippen MR) is 160 cm³/mol. The average molecular weight is 584 g/mol. The number of ketones is 1. The van der Waals surface area contributed by atoms with Crippen LogP contribution in [0, 0.1) is 18.3 Å². The first kappa shape index (κ1) is 30.0. The van der Waals surface area contributed by atoms with Crippen molar-refractivity contribution in [3.05, 3.63) is 92.8 Å². The van der Waals surface area contributed by atoms with Crippen molar-refractivity contribution in [1.82, 2.24) is 4.57 Å². The van der Waals surface area contributed by atoms with Crippen molar-refractivity contribution in [1.29, 1.82) is 5.26 Å². The number of hydrogen-bond acceptors (Lipinski definition) is 8. The summed E-state index contributed by atoms with van der Waals surface area (Å²) in [5.41, 5.74) is 2.40. The van der Waals surface area contributed by atoms with E-state index in [1.54, 1.807) is 43.7 Å². The molecular weight excluding hydrogens is 554 g/mol. The molecule has 0 aliphatic rings. The number of nitrogens with one attached hydrogen (secondary N) is 1. The summed E-state index contributed by atoms with van der Waals surface area (Å²) in [6.07, 6.45) is 2.92. The van der Waals surface area contributed by atoms with Crippen molar-refractivity contribution in [2.75, 3.05) is 18.5 Å². The van der Waals surface area contributed by atoms with Crippen LogP contribution in [0.4, 0.5) is 5.69 Å². The molecule has 0 saturated heterocycles. The molecule has 214 valence electrons. The second-order valence-electron chi connectivity index (χ2n) is 9.21. The van der Waals surface area contributed by atoms with E-state index >= 15 is 0 Å². The third kappa shape index (κ3) is 6.65. The standard InChI is InChI=1S/C32H29N3O6S/c1-4-40-31(38)29-20(3)30(32(39)41-5-2)42-27(29)16-26(36)21(17-33)15-22-18-35(25-14-10-9-13-24(22)25)19-28(37)34-23-11-7-6-8-12-23/h6-15,18H,4-5,16,19H2,1-3H3,(H,34,37)/b21-15+. The van der Waals surface area contributed by atoms with E-state index in [-0.39, 0.29) is 48.1 Å². The smallest absolute Gasteiger partial charge is 0.348 e. The fourth-order valence-corrected chi connectivity index (χ4v) is 5.71. The Morgan fingerprint density at radius 3 is 2.33 bits per heavy atom. The van der Waals surface area contributed by atoms with E-state index in [1.165, 1.54) is 6.08 Å². The van der Waals surface area contributed by atoms with Gasteiger partial charge in [-0.3, -0.25) is 9.59 Å². The molecule has 0 fully saturated rings. The summed E-state index contributed by atoms with van der Waals surface area (Å²) in [6.45, 7) is 5.23. The number of ether oxygens (including phenoxy) is 2. The molecule has 0 aliphatic heterocycles. The molecule has 2 aromatic heterocycles. The molecule has 0 aliphatic carbocycles. The zero-order chi connectivity index (χ0) is 30.2. The van der Waals surface area contributed by atoms with Gasteiger partial charge in [-0.05, 0) is 50.6 Å². The van der Waals surface area contributed by atoms with Gasteiger partial charge in [0.25, 0.3) is 0 Å². The maximum Gasteiger partial charge on any atom is 0.348 e. The Hall–Kier alpha value is -5.01. The number of aromatic nitrogens is 1. The van der Waals surface area contributed by atoms with E-state index in [2.05, 4.69) is 5.32 Å². The van der Waals surface area contributed by atoms with Gasteiger partial charge in [0, 0.05) is 39.6 Å². The van der Waals surface area contributed by atoms with E-state index in [9.17, 15) is 24.4 Å². The number of para-hydroxylation sites is 2. The second-order valence-corrected chi connectivity index (χ2v) is 10.3. The van der Waals surface area contributed by atoms with Crippen LogP contribution in [0.3, 0.4) is 0 Å². The number of esters is 2. The lowest BCUT2D eigenvalue weighted by Gasteiger charge is -2.07. The molecule has 0 spiro atoms. The van der Waals surface area contributed by atoms with Gasteiger partial charge in [-0.1, -0.05) is 36.4 Å². The zero-order valence-corrected chi connectivity index (χ0v) is 24.2. The van der Waals surface area contributed by atoms with Gasteiger partial charge in [-0.25, -0.2) is 9.59 Å². The van der Waals surface area contributed by atoms with Gasteiger partial charge in [0.2, 0.25) is 5.91 Å². The predicted octanol–water partition coefficient (Wildman–Crippen LogP) is 5.72. The lowest BCUT2D eigenvalue weighted by molar-refractivity contribution is -0.117. The van der Waals surface area contributed by atoms with Gasteiger partial charge in [0.1, 0.15) is 17.5 Å². The molecule has 10 heteroatoms. The highest BCUT2D eigenvalue weighted by Gasteiger charge is 2.28. The molecule has 0 saturated carbocycles.